The van der Waals surface area contributed by atoms with Gasteiger partial charge < -0.3 is 0 Å². The Morgan fingerprint density at radius 2 is 2.25 bits per heavy atom. The van der Waals surface area contributed by atoms with Crippen molar-refractivity contribution in [2.75, 3.05) is 0 Å². The number of nitrogens with zero attached hydrogens (tertiary/aromatic N) is 2. The molecule has 0 aliphatic rings. The third-order valence-corrected chi connectivity index (χ3v) is 2.84. The van der Waals surface area contributed by atoms with Crippen molar-refractivity contribution in [3.8, 4) is 0 Å². The summed E-state index contributed by atoms with van der Waals surface area (Å²) in [5, 5.41) is 12.7. The van der Waals surface area contributed by atoms with Crippen LogP contribution in [0.25, 0.3) is 12.2 Å². The van der Waals surface area contributed by atoms with Gasteiger partial charge >= 0.3 is 0 Å². The lowest BCUT2D eigenvalue weighted by Crippen LogP contribution is -1.91. The summed E-state index contributed by atoms with van der Waals surface area (Å²) in [6.45, 7) is 0. The molecule has 0 bridgehead atoms. The maximum atomic E-state index is 10.7. The van der Waals surface area contributed by atoms with E-state index < -0.39 is 4.92 Å². The number of hydrogen-bond donors (Lipinski definition) is 0. The predicted octanol–water partition coefficient (Wildman–Crippen LogP) is 3.22. The Labute approximate surface area is 96.0 Å². The average molecular weight is 232 g/mol. The fourth-order valence-corrected chi connectivity index (χ4v) is 1.87. The summed E-state index contributed by atoms with van der Waals surface area (Å²) < 4.78 is 0. The van der Waals surface area contributed by atoms with Gasteiger partial charge in [-0.15, -0.1) is 11.3 Å². The van der Waals surface area contributed by atoms with E-state index in [-0.39, 0.29) is 5.69 Å². The molecule has 2 heterocycles. The summed E-state index contributed by atoms with van der Waals surface area (Å²) in [6, 6.07) is 5.52. The zero-order valence-corrected chi connectivity index (χ0v) is 9.05. The number of pyridine rings is 1. The van der Waals surface area contributed by atoms with Crippen molar-refractivity contribution in [2.24, 2.45) is 0 Å². The molecule has 0 atom stereocenters. The van der Waals surface area contributed by atoms with Crippen LogP contribution in [-0.4, -0.2) is 9.91 Å². The van der Waals surface area contributed by atoms with Crippen molar-refractivity contribution in [3.05, 3.63) is 56.5 Å². The van der Waals surface area contributed by atoms with E-state index >= 15 is 0 Å². The van der Waals surface area contributed by atoms with Crippen molar-refractivity contribution in [1.82, 2.24) is 4.98 Å². The number of nitro groups is 1. The highest BCUT2D eigenvalue weighted by molar-refractivity contribution is 7.10. The first-order valence-electron chi connectivity index (χ1n) is 4.57. The van der Waals surface area contributed by atoms with Crippen LogP contribution in [0.4, 0.5) is 5.69 Å². The van der Waals surface area contributed by atoms with Gasteiger partial charge in [0.2, 0.25) is 0 Å². The molecule has 2 aromatic heterocycles. The van der Waals surface area contributed by atoms with Gasteiger partial charge in [0.15, 0.2) is 0 Å². The van der Waals surface area contributed by atoms with Crippen LogP contribution < -0.4 is 0 Å². The van der Waals surface area contributed by atoms with Crippen LogP contribution in [0.5, 0.6) is 0 Å². The Bertz CT molecular complexity index is 521. The van der Waals surface area contributed by atoms with Crippen LogP contribution in [0.3, 0.4) is 0 Å². The Kier molecular flexibility index (Phi) is 3.07. The molecule has 0 radical (unpaired) electrons. The van der Waals surface area contributed by atoms with Gasteiger partial charge in [-0.1, -0.05) is 6.07 Å². The zero-order chi connectivity index (χ0) is 11.4. The molecule has 4 nitrogen and oxygen atoms in total. The van der Waals surface area contributed by atoms with Gasteiger partial charge in [-0.3, -0.25) is 15.1 Å². The first-order valence-corrected chi connectivity index (χ1v) is 5.45. The summed E-state index contributed by atoms with van der Waals surface area (Å²) in [5.41, 5.74) is 0.587. The molecule has 0 spiro atoms. The highest BCUT2D eigenvalue weighted by atomic mass is 32.1. The monoisotopic (exact) mass is 232 g/mol. The van der Waals surface area contributed by atoms with E-state index in [1.165, 1.54) is 6.20 Å². The van der Waals surface area contributed by atoms with Crippen LogP contribution >= 0.6 is 11.3 Å². The lowest BCUT2D eigenvalue weighted by molar-refractivity contribution is -0.385. The van der Waals surface area contributed by atoms with Gasteiger partial charge in [0.1, 0.15) is 6.20 Å². The minimum absolute atomic E-state index is 0.0234. The predicted molar refractivity (Wildman–Crippen MR) is 64.1 cm³/mol. The quantitative estimate of drug-likeness (QED) is 0.603. The highest BCUT2D eigenvalue weighted by Gasteiger charge is 2.09. The van der Waals surface area contributed by atoms with E-state index in [2.05, 4.69) is 4.98 Å². The lowest BCUT2D eigenvalue weighted by atomic mass is 10.2. The second-order valence-electron chi connectivity index (χ2n) is 3.04. The summed E-state index contributed by atoms with van der Waals surface area (Å²) in [4.78, 5) is 15.1. The molecular weight excluding hydrogens is 224 g/mol. The molecular formula is C11H8N2O2S. The van der Waals surface area contributed by atoms with Gasteiger partial charge in [-0.2, -0.15) is 0 Å². The second-order valence-corrected chi connectivity index (χ2v) is 4.02. The topological polar surface area (TPSA) is 56.0 Å². The molecule has 0 aliphatic heterocycles. The lowest BCUT2D eigenvalue weighted by Gasteiger charge is -1.94. The molecule has 0 saturated carbocycles. The molecule has 2 rings (SSSR count). The molecule has 80 valence electrons. The van der Waals surface area contributed by atoms with E-state index in [4.69, 9.17) is 0 Å². The van der Waals surface area contributed by atoms with E-state index in [1.54, 1.807) is 29.7 Å². The maximum Gasteiger partial charge on any atom is 0.294 e. The molecule has 0 aromatic carbocycles. The van der Waals surface area contributed by atoms with Crippen molar-refractivity contribution >= 4 is 29.2 Å². The average Bonchev–Trinajstić information content (AvgIpc) is 2.79. The largest absolute Gasteiger partial charge is 0.294 e. The van der Waals surface area contributed by atoms with Crippen molar-refractivity contribution < 1.29 is 4.92 Å². The Morgan fingerprint density at radius 3 is 2.94 bits per heavy atom. The molecule has 0 N–H and O–H groups in total. The van der Waals surface area contributed by atoms with Crippen LogP contribution in [-0.2, 0) is 0 Å². The molecule has 0 saturated heterocycles. The van der Waals surface area contributed by atoms with Gasteiger partial charge in [0.05, 0.1) is 10.5 Å². The smallest absolute Gasteiger partial charge is 0.258 e. The van der Waals surface area contributed by atoms with Gasteiger partial charge in [-0.25, -0.2) is 0 Å². The van der Waals surface area contributed by atoms with E-state index in [0.717, 1.165) is 4.88 Å². The van der Waals surface area contributed by atoms with Crippen LogP contribution in [0.2, 0.25) is 0 Å². The molecule has 16 heavy (non-hydrogen) atoms. The molecule has 0 aliphatic carbocycles. The molecule has 0 amide bonds. The first kappa shape index (κ1) is 10.5. The first-order chi connectivity index (χ1) is 7.77. The summed E-state index contributed by atoms with van der Waals surface area (Å²) in [6.07, 6.45) is 6.38. The standard InChI is InChI=1S/C11H8N2O2S/c14-13(15)11-8-12-6-5-9(11)3-4-10-2-1-7-16-10/h1-8H. The summed E-state index contributed by atoms with van der Waals surface area (Å²) in [5.74, 6) is 0. The molecule has 5 heteroatoms. The number of aromatic nitrogens is 1. The molecule has 0 fully saturated rings. The van der Waals surface area contributed by atoms with E-state index in [9.17, 15) is 10.1 Å². The number of rotatable bonds is 3. The Hall–Kier alpha value is -2.01. The third kappa shape index (κ3) is 2.32. The van der Waals surface area contributed by atoms with Crippen LogP contribution in [0.1, 0.15) is 10.4 Å². The fourth-order valence-electron chi connectivity index (χ4n) is 1.25. The molecule has 0 unspecified atom stereocenters. The van der Waals surface area contributed by atoms with Crippen molar-refractivity contribution in [2.45, 2.75) is 0 Å². The minimum atomic E-state index is -0.429. The minimum Gasteiger partial charge on any atom is -0.258 e. The van der Waals surface area contributed by atoms with Crippen LogP contribution in [0, 0.1) is 10.1 Å². The summed E-state index contributed by atoms with van der Waals surface area (Å²) >= 11 is 1.58. The van der Waals surface area contributed by atoms with Gasteiger partial charge in [-0.05, 0) is 29.7 Å². The SMILES string of the molecule is O=[N+]([O-])c1cnccc1C=Cc1cccs1. The van der Waals surface area contributed by atoms with Crippen molar-refractivity contribution in [3.63, 3.8) is 0 Å². The molecule has 2 aromatic rings. The zero-order valence-electron chi connectivity index (χ0n) is 8.24. The normalized spacial score (nSPS) is 10.8. The Balaban J connectivity index is 2.31. The van der Waals surface area contributed by atoms with E-state index in [0.29, 0.717) is 5.56 Å². The second kappa shape index (κ2) is 4.67. The fraction of sp³-hybridized carbons (Fsp3) is 0. The highest BCUT2D eigenvalue weighted by Crippen LogP contribution is 2.20. The number of thiophene rings is 1. The maximum absolute atomic E-state index is 10.7. The Morgan fingerprint density at radius 1 is 1.38 bits per heavy atom. The van der Waals surface area contributed by atoms with Crippen molar-refractivity contribution in [1.29, 1.82) is 0 Å². The third-order valence-electron chi connectivity index (χ3n) is 2.00. The summed E-state index contributed by atoms with van der Waals surface area (Å²) in [7, 11) is 0. The van der Waals surface area contributed by atoms with E-state index in [1.807, 2.05) is 23.6 Å². The van der Waals surface area contributed by atoms with Crippen LogP contribution in [0.15, 0.2) is 36.0 Å². The van der Waals surface area contributed by atoms with Gasteiger partial charge in [0.25, 0.3) is 5.69 Å². The van der Waals surface area contributed by atoms with Gasteiger partial charge in [0, 0.05) is 11.1 Å². The number of hydrogen-bond acceptors (Lipinski definition) is 4.